The lowest BCUT2D eigenvalue weighted by Gasteiger charge is -2.28. The van der Waals surface area contributed by atoms with Gasteiger partial charge in [-0.2, -0.15) is 0 Å². The highest BCUT2D eigenvalue weighted by molar-refractivity contribution is 5.76. The normalized spacial score (nSPS) is 18.9. The zero-order chi connectivity index (χ0) is 17.4. The molecule has 2 atom stereocenters. The second kappa shape index (κ2) is 6.46. The fourth-order valence-corrected chi connectivity index (χ4v) is 3.24. The Hall–Kier alpha value is -2.04. The Morgan fingerprint density at radius 1 is 0.875 bits per heavy atom. The van der Waals surface area contributed by atoms with Crippen LogP contribution in [0.25, 0.3) is 11.1 Å². The van der Waals surface area contributed by atoms with Crippen molar-refractivity contribution in [3.63, 3.8) is 0 Å². The second-order valence-electron chi connectivity index (χ2n) is 5.83. The van der Waals surface area contributed by atoms with E-state index in [-0.39, 0.29) is 29.0 Å². The van der Waals surface area contributed by atoms with Gasteiger partial charge in [-0.3, -0.25) is 0 Å². The topological polar surface area (TPSA) is 9.23 Å². The number of ether oxygens (including phenoxy) is 1. The molecule has 24 heavy (non-hydrogen) atoms. The zero-order valence-corrected chi connectivity index (χ0v) is 13.5. The minimum absolute atomic E-state index is 0.127. The van der Waals surface area contributed by atoms with Crippen LogP contribution in [0.1, 0.15) is 49.3 Å². The molecule has 1 aliphatic carbocycles. The van der Waals surface area contributed by atoms with Crippen molar-refractivity contribution < 1.29 is 22.3 Å². The van der Waals surface area contributed by atoms with Crippen molar-refractivity contribution in [1.29, 1.82) is 0 Å². The van der Waals surface area contributed by atoms with E-state index in [0.29, 0.717) is 18.4 Å². The molecule has 1 aliphatic rings. The van der Waals surface area contributed by atoms with Gasteiger partial charge in [0.05, 0.1) is 6.61 Å². The summed E-state index contributed by atoms with van der Waals surface area (Å²) in [5.74, 6) is -1.78. The number of hydrogen-bond acceptors (Lipinski definition) is 1. The predicted octanol–water partition coefficient (Wildman–Crippen LogP) is 6.02. The number of fused-ring (bicyclic) bond motifs is 3. The lowest BCUT2D eigenvalue weighted by atomic mass is 9.81. The largest absolute Gasteiger partial charge is 0.491 e. The summed E-state index contributed by atoms with van der Waals surface area (Å²) in [4.78, 5) is 0. The lowest BCUT2D eigenvalue weighted by Crippen LogP contribution is -2.16. The van der Waals surface area contributed by atoms with Gasteiger partial charge in [-0.05, 0) is 36.1 Å². The fraction of sp³-hybridized carbons (Fsp3) is 0.368. The van der Waals surface area contributed by atoms with Crippen LogP contribution in [0.5, 0.6) is 5.75 Å². The average molecular weight is 338 g/mol. The van der Waals surface area contributed by atoms with Crippen LogP contribution >= 0.6 is 0 Å². The van der Waals surface area contributed by atoms with E-state index in [1.165, 1.54) is 12.1 Å². The van der Waals surface area contributed by atoms with E-state index in [2.05, 4.69) is 0 Å². The van der Waals surface area contributed by atoms with E-state index in [0.717, 1.165) is 0 Å². The summed E-state index contributed by atoms with van der Waals surface area (Å²) in [6, 6.07) is 5.92. The molecule has 3 rings (SSSR count). The van der Waals surface area contributed by atoms with Crippen LogP contribution < -0.4 is 4.74 Å². The Bertz CT molecular complexity index is 707. The molecule has 0 N–H and O–H groups in total. The molecule has 1 nitrogen and oxygen atoms in total. The molecular weight excluding hydrogens is 320 g/mol. The van der Waals surface area contributed by atoms with Crippen molar-refractivity contribution in [2.45, 2.75) is 39.0 Å². The third-order valence-electron chi connectivity index (χ3n) is 4.32. The van der Waals surface area contributed by atoms with Gasteiger partial charge in [0.15, 0.2) is 23.9 Å². The van der Waals surface area contributed by atoms with Gasteiger partial charge in [0.25, 0.3) is 0 Å². The van der Waals surface area contributed by atoms with Gasteiger partial charge in [-0.25, -0.2) is 17.6 Å². The summed E-state index contributed by atoms with van der Waals surface area (Å²) in [7, 11) is 0. The van der Waals surface area contributed by atoms with E-state index >= 15 is 0 Å². The fourth-order valence-electron chi connectivity index (χ4n) is 3.24. The maximum atomic E-state index is 14.6. The first-order valence-corrected chi connectivity index (χ1v) is 8.06. The molecule has 0 heterocycles. The minimum Gasteiger partial charge on any atom is -0.491 e. The van der Waals surface area contributed by atoms with Crippen LogP contribution in [0.4, 0.5) is 17.6 Å². The number of aryl methyl sites for hydroxylation is 1. The Morgan fingerprint density at radius 3 is 2.04 bits per heavy atom. The van der Waals surface area contributed by atoms with Crippen LogP contribution in [0.3, 0.4) is 0 Å². The third kappa shape index (κ3) is 2.46. The Kier molecular flexibility index (Phi) is 4.52. The van der Waals surface area contributed by atoms with Crippen LogP contribution in [0.15, 0.2) is 24.3 Å². The summed E-state index contributed by atoms with van der Waals surface area (Å²) in [5, 5.41) is 0. The van der Waals surface area contributed by atoms with E-state index in [1.807, 2.05) is 6.92 Å². The molecule has 0 fully saturated rings. The highest BCUT2D eigenvalue weighted by atomic mass is 19.2. The maximum Gasteiger partial charge on any atom is 0.171 e. The molecule has 0 bridgehead atoms. The smallest absolute Gasteiger partial charge is 0.171 e. The molecule has 0 aromatic heterocycles. The lowest BCUT2D eigenvalue weighted by molar-refractivity contribution is 0.159. The first-order chi connectivity index (χ1) is 11.5. The Morgan fingerprint density at radius 2 is 1.46 bits per heavy atom. The molecule has 2 aromatic carbocycles. The molecule has 0 saturated carbocycles. The van der Waals surface area contributed by atoms with E-state index in [4.69, 9.17) is 4.74 Å². The van der Waals surface area contributed by atoms with Crippen molar-refractivity contribution in [3.8, 4) is 16.9 Å². The third-order valence-corrected chi connectivity index (χ3v) is 4.32. The summed E-state index contributed by atoms with van der Waals surface area (Å²) in [5.41, 5.74) is 0.00839. The van der Waals surface area contributed by atoms with E-state index in [9.17, 15) is 17.6 Å². The van der Waals surface area contributed by atoms with Gasteiger partial charge in [0.2, 0.25) is 0 Å². The molecule has 0 spiro atoms. The minimum atomic E-state index is -2.26. The molecule has 0 aliphatic heterocycles. The second-order valence-corrected chi connectivity index (χ2v) is 5.83. The molecular formula is C19H18F4O. The maximum absolute atomic E-state index is 14.6. The molecule has 0 amide bonds. The van der Waals surface area contributed by atoms with Gasteiger partial charge in [0, 0.05) is 11.1 Å². The number of hydrogen-bond donors (Lipinski definition) is 0. The Balaban J connectivity index is 2.23. The van der Waals surface area contributed by atoms with Gasteiger partial charge < -0.3 is 4.74 Å². The van der Waals surface area contributed by atoms with Gasteiger partial charge in [-0.1, -0.05) is 31.5 Å². The zero-order valence-electron chi connectivity index (χ0n) is 13.5. The van der Waals surface area contributed by atoms with E-state index in [1.54, 1.807) is 19.1 Å². The Labute approximate surface area is 138 Å². The number of alkyl halides is 2. The number of rotatable bonds is 4. The summed E-state index contributed by atoms with van der Waals surface area (Å²) >= 11 is 0. The number of benzene rings is 2. The van der Waals surface area contributed by atoms with Crippen molar-refractivity contribution in [2.24, 2.45) is 0 Å². The number of halogens is 4. The van der Waals surface area contributed by atoms with Gasteiger partial charge in [0.1, 0.15) is 5.82 Å². The first-order valence-electron chi connectivity index (χ1n) is 8.06. The molecule has 2 aromatic rings. The molecule has 0 saturated heterocycles. The summed E-state index contributed by atoms with van der Waals surface area (Å²) in [6.07, 6.45) is -3.38. The van der Waals surface area contributed by atoms with Crippen molar-refractivity contribution in [2.75, 3.05) is 6.61 Å². The monoisotopic (exact) mass is 338 g/mol. The standard InChI is InChI=1S/C19H18F4O/c1-3-5-10-6-7-11-12-8-9-13(24-4-2)17(21)15(12)19(23)18(22)14(11)16(10)20/h6-9,18-19H,3-5H2,1-2H3. The summed E-state index contributed by atoms with van der Waals surface area (Å²) < 4.78 is 63.5. The van der Waals surface area contributed by atoms with Crippen LogP contribution in [-0.4, -0.2) is 6.61 Å². The van der Waals surface area contributed by atoms with Crippen LogP contribution in [0.2, 0.25) is 0 Å². The molecule has 2 unspecified atom stereocenters. The quantitative estimate of drug-likeness (QED) is 0.620. The SMILES string of the molecule is CCCc1ccc2c(c1F)C(F)C(F)c1c-2ccc(OCC)c1F. The van der Waals surface area contributed by atoms with Gasteiger partial charge >= 0.3 is 0 Å². The average Bonchev–Trinajstić information content (AvgIpc) is 2.56. The first kappa shape index (κ1) is 16.8. The van der Waals surface area contributed by atoms with Crippen molar-refractivity contribution in [3.05, 3.63) is 52.6 Å². The highest BCUT2D eigenvalue weighted by Crippen LogP contribution is 2.51. The highest BCUT2D eigenvalue weighted by Gasteiger charge is 2.39. The van der Waals surface area contributed by atoms with Crippen molar-refractivity contribution >= 4 is 0 Å². The van der Waals surface area contributed by atoms with Crippen LogP contribution in [-0.2, 0) is 6.42 Å². The predicted molar refractivity (Wildman–Crippen MR) is 84.7 cm³/mol. The summed E-state index contributed by atoms with van der Waals surface area (Å²) in [6.45, 7) is 3.75. The van der Waals surface area contributed by atoms with E-state index < -0.39 is 29.5 Å². The molecule has 128 valence electrons. The molecule has 5 heteroatoms. The van der Waals surface area contributed by atoms with Gasteiger partial charge in [-0.15, -0.1) is 0 Å². The molecule has 0 radical (unpaired) electrons. The van der Waals surface area contributed by atoms with Crippen molar-refractivity contribution in [1.82, 2.24) is 0 Å². The van der Waals surface area contributed by atoms with Crippen LogP contribution in [0, 0.1) is 11.6 Å².